The van der Waals surface area contributed by atoms with Crippen LogP contribution in [0.1, 0.15) is 16.8 Å². The predicted octanol–water partition coefficient (Wildman–Crippen LogP) is 3.87. The zero-order valence-corrected chi connectivity index (χ0v) is 17.0. The highest BCUT2D eigenvalue weighted by molar-refractivity contribution is 9.10. The Morgan fingerprint density at radius 3 is 2.75 bits per heavy atom. The van der Waals surface area contributed by atoms with Crippen molar-refractivity contribution in [2.24, 2.45) is 5.10 Å². The molecular formula is C20H19BrN4O3. The van der Waals surface area contributed by atoms with Crippen LogP contribution < -0.4 is 20.5 Å². The highest BCUT2D eigenvalue weighted by Gasteiger charge is 2.11. The van der Waals surface area contributed by atoms with Crippen molar-refractivity contribution in [2.45, 2.75) is 13.5 Å². The number of nitrogens with zero attached hydrogens (tertiary/aromatic N) is 2. The highest BCUT2D eigenvalue weighted by atomic mass is 79.9. The van der Waals surface area contributed by atoms with Crippen molar-refractivity contribution in [1.29, 1.82) is 0 Å². The molecule has 3 rings (SSSR count). The average molecular weight is 443 g/mol. The van der Waals surface area contributed by atoms with Crippen molar-refractivity contribution < 1.29 is 9.47 Å². The third-order valence-corrected chi connectivity index (χ3v) is 4.32. The zero-order chi connectivity index (χ0) is 19.9. The summed E-state index contributed by atoms with van der Waals surface area (Å²) in [6.45, 7) is 2.16. The van der Waals surface area contributed by atoms with E-state index in [1.165, 1.54) is 6.07 Å². The molecule has 3 aromatic rings. The van der Waals surface area contributed by atoms with E-state index >= 15 is 0 Å². The summed E-state index contributed by atoms with van der Waals surface area (Å²) in [4.78, 5) is 18.2. The first-order chi connectivity index (χ1) is 13.5. The maximum Gasteiger partial charge on any atom is 0.252 e. The number of hydrogen-bond acceptors (Lipinski definition) is 6. The fourth-order valence-electron chi connectivity index (χ4n) is 2.48. The number of anilines is 1. The van der Waals surface area contributed by atoms with Gasteiger partial charge in [0.2, 0.25) is 5.95 Å². The number of nitrogens with one attached hydrogen (secondary N) is 2. The number of H-pyrrole nitrogens is 1. The first-order valence-corrected chi connectivity index (χ1v) is 9.26. The number of hydrazone groups is 1. The number of aromatic nitrogens is 2. The van der Waals surface area contributed by atoms with E-state index in [0.29, 0.717) is 23.8 Å². The normalized spacial score (nSPS) is 10.8. The second kappa shape index (κ2) is 9.18. The van der Waals surface area contributed by atoms with Crippen molar-refractivity contribution in [3.05, 3.63) is 80.2 Å². The standard InChI is InChI=1S/C20H19BrN4O3/c1-13-8-18(26)24-20(23-13)25-22-11-15-9-16(21)19(17(10-15)27-2)28-12-14-6-4-3-5-7-14/h3-11H,12H2,1-2H3,(H2,23,24,25,26)/b22-11-. The van der Waals surface area contributed by atoms with E-state index in [0.717, 1.165) is 15.6 Å². The number of halogens is 1. The maximum absolute atomic E-state index is 11.4. The van der Waals surface area contributed by atoms with Crippen LogP contribution >= 0.6 is 15.9 Å². The first-order valence-electron chi connectivity index (χ1n) is 8.46. The molecule has 0 aliphatic heterocycles. The number of hydrogen-bond donors (Lipinski definition) is 2. The number of aryl methyl sites for hydroxylation is 1. The molecule has 0 atom stereocenters. The lowest BCUT2D eigenvalue weighted by Crippen LogP contribution is -2.10. The minimum atomic E-state index is -0.241. The summed E-state index contributed by atoms with van der Waals surface area (Å²) in [5, 5.41) is 4.11. The average Bonchev–Trinajstić information content (AvgIpc) is 2.67. The van der Waals surface area contributed by atoms with Gasteiger partial charge in [0.1, 0.15) is 6.61 Å². The van der Waals surface area contributed by atoms with Gasteiger partial charge in [-0.05, 0) is 46.1 Å². The number of aromatic amines is 1. The van der Waals surface area contributed by atoms with Gasteiger partial charge >= 0.3 is 0 Å². The van der Waals surface area contributed by atoms with Gasteiger partial charge in [0.05, 0.1) is 17.8 Å². The van der Waals surface area contributed by atoms with Gasteiger partial charge in [-0.1, -0.05) is 30.3 Å². The Morgan fingerprint density at radius 1 is 1.25 bits per heavy atom. The van der Waals surface area contributed by atoms with Crippen LogP contribution in [-0.4, -0.2) is 23.3 Å². The quantitative estimate of drug-likeness (QED) is 0.428. The molecular weight excluding hydrogens is 424 g/mol. The molecule has 0 aliphatic rings. The molecule has 2 N–H and O–H groups in total. The van der Waals surface area contributed by atoms with E-state index in [2.05, 4.69) is 36.4 Å². The van der Waals surface area contributed by atoms with E-state index in [9.17, 15) is 4.79 Å². The maximum atomic E-state index is 11.4. The van der Waals surface area contributed by atoms with Gasteiger partial charge in [-0.15, -0.1) is 0 Å². The van der Waals surface area contributed by atoms with Gasteiger partial charge in [0.25, 0.3) is 5.56 Å². The molecule has 28 heavy (non-hydrogen) atoms. The second-order valence-electron chi connectivity index (χ2n) is 5.91. The molecule has 0 aliphatic carbocycles. The number of methoxy groups -OCH3 is 1. The van der Waals surface area contributed by atoms with Gasteiger partial charge in [0.15, 0.2) is 11.5 Å². The Balaban J connectivity index is 1.73. The second-order valence-corrected chi connectivity index (χ2v) is 6.77. The number of rotatable bonds is 7. The summed E-state index contributed by atoms with van der Waals surface area (Å²) < 4.78 is 12.1. The summed E-state index contributed by atoms with van der Waals surface area (Å²) in [7, 11) is 1.58. The molecule has 0 bridgehead atoms. The smallest absolute Gasteiger partial charge is 0.252 e. The Hall–Kier alpha value is -3.13. The van der Waals surface area contributed by atoms with Crippen molar-refractivity contribution >= 4 is 28.1 Å². The van der Waals surface area contributed by atoms with Gasteiger partial charge in [0, 0.05) is 11.8 Å². The third kappa shape index (κ3) is 5.20. The van der Waals surface area contributed by atoms with Crippen LogP contribution in [0.3, 0.4) is 0 Å². The fraction of sp³-hybridized carbons (Fsp3) is 0.150. The zero-order valence-electron chi connectivity index (χ0n) is 15.4. The van der Waals surface area contributed by atoms with E-state index in [1.807, 2.05) is 42.5 Å². The van der Waals surface area contributed by atoms with Crippen LogP contribution in [-0.2, 0) is 6.61 Å². The summed E-state index contributed by atoms with van der Waals surface area (Å²) in [6, 6.07) is 15.0. The fourth-order valence-corrected chi connectivity index (χ4v) is 3.06. The van der Waals surface area contributed by atoms with Crippen LogP contribution in [0.2, 0.25) is 0 Å². The minimum Gasteiger partial charge on any atom is -0.493 e. The van der Waals surface area contributed by atoms with E-state index in [4.69, 9.17) is 9.47 Å². The molecule has 0 amide bonds. The Bertz CT molecular complexity index is 1040. The molecule has 0 saturated heterocycles. The lowest BCUT2D eigenvalue weighted by Gasteiger charge is -2.13. The van der Waals surface area contributed by atoms with Crippen molar-refractivity contribution in [3.63, 3.8) is 0 Å². The molecule has 0 spiro atoms. The Labute approximate surface area is 170 Å². The largest absolute Gasteiger partial charge is 0.493 e. The van der Waals surface area contributed by atoms with Crippen LogP contribution in [0.25, 0.3) is 0 Å². The molecule has 0 radical (unpaired) electrons. The van der Waals surface area contributed by atoms with E-state index < -0.39 is 0 Å². The monoisotopic (exact) mass is 442 g/mol. The number of benzene rings is 2. The summed E-state index contributed by atoms with van der Waals surface area (Å²) in [6.07, 6.45) is 1.59. The van der Waals surface area contributed by atoms with Crippen LogP contribution in [0.15, 0.2) is 62.9 Å². The number of ether oxygens (including phenoxy) is 2. The van der Waals surface area contributed by atoms with Crippen molar-refractivity contribution in [1.82, 2.24) is 9.97 Å². The Kier molecular flexibility index (Phi) is 6.44. The molecule has 0 unspecified atom stereocenters. The summed E-state index contributed by atoms with van der Waals surface area (Å²) in [5.41, 5.74) is 4.91. The molecule has 1 aromatic heterocycles. The highest BCUT2D eigenvalue weighted by Crippen LogP contribution is 2.36. The van der Waals surface area contributed by atoms with Crippen molar-refractivity contribution in [3.8, 4) is 11.5 Å². The third-order valence-electron chi connectivity index (χ3n) is 3.73. The Morgan fingerprint density at radius 2 is 2.04 bits per heavy atom. The minimum absolute atomic E-state index is 0.241. The van der Waals surface area contributed by atoms with Gasteiger partial charge in [-0.3, -0.25) is 9.78 Å². The van der Waals surface area contributed by atoms with Crippen LogP contribution in [0, 0.1) is 6.92 Å². The van der Waals surface area contributed by atoms with Gasteiger partial charge in [-0.25, -0.2) is 10.4 Å². The van der Waals surface area contributed by atoms with Crippen LogP contribution in [0.5, 0.6) is 11.5 Å². The predicted molar refractivity (Wildman–Crippen MR) is 112 cm³/mol. The molecule has 8 heteroatoms. The first kappa shape index (κ1) is 19.6. The van der Waals surface area contributed by atoms with Crippen molar-refractivity contribution in [2.75, 3.05) is 12.5 Å². The molecule has 0 fully saturated rings. The van der Waals surface area contributed by atoms with Crippen LogP contribution in [0.4, 0.5) is 5.95 Å². The lowest BCUT2D eigenvalue weighted by molar-refractivity contribution is 0.282. The topological polar surface area (TPSA) is 88.6 Å². The SMILES string of the molecule is COc1cc(/C=N\Nc2nc(C)cc(=O)[nH]2)cc(Br)c1OCc1ccccc1. The molecule has 1 heterocycles. The van der Waals surface area contributed by atoms with Gasteiger partial charge < -0.3 is 9.47 Å². The summed E-state index contributed by atoms with van der Waals surface area (Å²) in [5.74, 6) is 1.46. The molecule has 0 saturated carbocycles. The van der Waals surface area contributed by atoms with E-state index in [-0.39, 0.29) is 11.5 Å². The molecule has 2 aromatic carbocycles. The van der Waals surface area contributed by atoms with E-state index in [1.54, 1.807) is 20.2 Å². The van der Waals surface area contributed by atoms with Gasteiger partial charge in [-0.2, -0.15) is 5.10 Å². The molecule has 7 nitrogen and oxygen atoms in total. The molecule has 144 valence electrons. The lowest BCUT2D eigenvalue weighted by atomic mass is 10.2. The summed E-state index contributed by atoms with van der Waals surface area (Å²) >= 11 is 3.52.